The van der Waals surface area contributed by atoms with E-state index in [0.717, 1.165) is 80.4 Å². The Morgan fingerprint density at radius 2 is 1.88 bits per heavy atom. The van der Waals surface area contributed by atoms with Gasteiger partial charge in [0, 0.05) is 37.2 Å². The van der Waals surface area contributed by atoms with Crippen LogP contribution in [-0.2, 0) is 17.2 Å². The van der Waals surface area contributed by atoms with Crippen LogP contribution in [0, 0.1) is 11.8 Å². The highest BCUT2D eigenvalue weighted by atomic mass is 35.5. The van der Waals surface area contributed by atoms with Crippen molar-refractivity contribution in [3.8, 4) is 0 Å². The predicted octanol–water partition coefficient (Wildman–Crippen LogP) is 2.93. The molecule has 3 fully saturated rings. The van der Waals surface area contributed by atoms with E-state index in [4.69, 9.17) is 21.6 Å². The van der Waals surface area contributed by atoms with Gasteiger partial charge in [0.2, 0.25) is 5.95 Å². The summed E-state index contributed by atoms with van der Waals surface area (Å²) in [6.45, 7) is 1.78. The second-order valence-electron chi connectivity index (χ2n) is 10.0. The van der Waals surface area contributed by atoms with Crippen LogP contribution >= 0.6 is 11.6 Å². The fraction of sp³-hybridized carbons (Fsp3) is 0.652. The quantitative estimate of drug-likeness (QED) is 0.662. The van der Waals surface area contributed by atoms with Crippen LogP contribution in [-0.4, -0.2) is 60.2 Å². The van der Waals surface area contributed by atoms with Crippen molar-refractivity contribution in [1.29, 1.82) is 0 Å². The number of hydrogen-bond acceptors (Lipinski definition) is 8. The van der Waals surface area contributed by atoms with Crippen LogP contribution in [0.25, 0.3) is 0 Å². The van der Waals surface area contributed by atoms with Crippen molar-refractivity contribution in [2.24, 2.45) is 11.8 Å². The zero-order valence-corrected chi connectivity index (χ0v) is 20.1. The molecule has 4 aliphatic rings. The number of halogens is 1. The van der Waals surface area contributed by atoms with Crippen LogP contribution in [0.1, 0.15) is 56.0 Å². The highest BCUT2D eigenvalue weighted by Gasteiger charge is 2.45. The summed E-state index contributed by atoms with van der Waals surface area (Å²) in [7, 11) is -1.10. The Hall–Kier alpha value is -1.84. The third-order valence-electron chi connectivity index (χ3n) is 7.95. The van der Waals surface area contributed by atoms with Crippen molar-refractivity contribution in [3.05, 3.63) is 28.9 Å². The van der Waals surface area contributed by atoms with E-state index in [-0.39, 0.29) is 12.1 Å². The normalized spacial score (nSPS) is 29.9. The number of anilines is 2. The van der Waals surface area contributed by atoms with E-state index < -0.39 is 10.8 Å². The molecule has 6 rings (SSSR count). The van der Waals surface area contributed by atoms with Gasteiger partial charge < -0.3 is 15.3 Å². The maximum Gasteiger partial charge on any atom is 0.227 e. The summed E-state index contributed by atoms with van der Waals surface area (Å²) < 4.78 is 12.9. The second-order valence-corrected chi connectivity index (χ2v) is 11.9. The molecule has 4 heterocycles. The Balaban J connectivity index is 1.31. The van der Waals surface area contributed by atoms with Gasteiger partial charge in [-0.05, 0) is 56.8 Å². The van der Waals surface area contributed by atoms with E-state index in [1.54, 1.807) is 12.4 Å². The predicted molar refractivity (Wildman–Crippen MR) is 127 cm³/mol. The Kier molecular flexibility index (Phi) is 5.54. The lowest BCUT2D eigenvalue weighted by Crippen LogP contribution is -2.49. The largest absolute Gasteiger partial charge is 0.394 e. The molecular weight excluding hydrogens is 460 g/mol. The topological polar surface area (TPSA) is 104 Å². The number of rotatable bonds is 5. The summed E-state index contributed by atoms with van der Waals surface area (Å²) in [4.78, 5) is 22.0. The summed E-state index contributed by atoms with van der Waals surface area (Å²) in [5.74, 6) is 4.16. The molecule has 2 aromatic rings. The van der Waals surface area contributed by atoms with Gasteiger partial charge in [-0.3, -0.25) is 4.21 Å². The Morgan fingerprint density at radius 1 is 1.15 bits per heavy atom. The molecule has 2 N–H and O–H groups in total. The number of hydrogen-bond donors (Lipinski definition) is 2. The first-order chi connectivity index (χ1) is 16.0. The third-order valence-corrected chi connectivity index (χ3v) is 9.69. The zero-order valence-electron chi connectivity index (χ0n) is 18.5. The number of piperidine rings is 1. The fourth-order valence-corrected chi connectivity index (χ4v) is 7.50. The molecule has 10 heteroatoms. The van der Waals surface area contributed by atoms with Gasteiger partial charge in [0.05, 0.1) is 33.7 Å². The Labute approximate surface area is 201 Å². The van der Waals surface area contributed by atoms with Gasteiger partial charge in [0.1, 0.15) is 16.5 Å². The number of nitrogens with one attached hydrogen (secondary N) is 1. The standard InChI is InChI=1S/C23H29ClN6O2S/c24-16-9-25-20(26-10-16)18-14-4-5-15(18)12-30(11-14)22-27-17-3-1-8-33(32)19(17)21(28-22)29-23(13-31)6-2-7-23/h9-10,14-15,18,31H,1-8,11-13H2,(H,27,28,29)/t14?,15?,18?,33-/m1/s1. The smallest absolute Gasteiger partial charge is 0.227 e. The van der Waals surface area contributed by atoms with Gasteiger partial charge >= 0.3 is 0 Å². The van der Waals surface area contributed by atoms with Crippen LogP contribution in [0.3, 0.4) is 0 Å². The maximum atomic E-state index is 12.9. The highest BCUT2D eigenvalue weighted by molar-refractivity contribution is 7.85. The molecule has 0 radical (unpaired) electrons. The van der Waals surface area contributed by atoms with Gasteiger partial charge in [0.15, 0.2) is 0 Å². The van der Waals surface area contributed by atoms with Crippen molar-refractivity contribution < 1.29 is 9.32 Å². The fourth-order valence-electron chi connectivity index (χ4n) is 6.07. The molecule has 2 aliphatic carbocycles. The van der Waals surface area contributed by atoms with E-state index in [9.17, 15) is 9.32 Å². The average molecular weight is 489 g/mol. The maximum absolute atomic E-state index is 12.9. The van der Waals surface area contributed by atoms with Gasteiger partial charge in [-0.2, -0.15) is 4.98 Å². The minimum Gasteiger partial charge on any atom is -0.394 e. The van der Waals surface area contributed by atoms with Gasteiger partial charge in [-0.15, -0.1) is 0 Å². The lowest BCUT2D eigenvalue weighted by Gasteiger charge is -2.42. The lowest BCUT2D eigenvalue weighted by atomic mass is 9.77. The SMILES string of the molecule is O=[S@@]1CCCc2nc(N3CC4CCC(C3)C4c3ncc(Cl)cn3)nc(NC3(CO)CCC3)c21. The lowest BCUT2D eigenvalue weighted by molar-refractivity contribution is 0.143. The first-order valence-corrected chi connectivity index (χ1v) is 13.7. The molecule has 176 valence electrons. The van der Waals surface area contributed by atoms with E-state index in [1.165, 1.54) is 0 Å². The number of nitrogens with zero attached hydrogens (tertiary/aromatic N) is 5. The van der Waals surface area contributed by atoms with E-state index in [0.29, 0.717) is 34.3 Å². The molecule has 0 spiro atoms. The Morgan fingerprint density at radius 3 is 2.52 bits per heavy atom. The summed E-state index contributed by atoms with van der Waals surface area (Å²) in [5.41, 5.74) is 0.550. The molecule has 2 bridgehead atoms. The van der Waals surface area contributed by atoms with Gasteiger partial charge in [-0.25, -0.2) is 15.0 Å². The molecule has 8 nitrogen and oxygen atoms in total. The molecule has 3 atom stereocenters. The van der Waals surface area contributed by atoms with E-state index >= 15 is 0 Å². The van der Waals surface area contributed by atoms with Gasteiger partial charge in [0.25, 0.3) is 0 Å². The zero-order chi connectivity index (χ0) is 22.6. The third kappa shape index (κ3) is 3.82. The number of aliphatic hydroxyl groups excluding tert-OH is 1. The van der Waals surface area contributed by atoms with Crippen molar-refractivity contribution in [2.75, 3.05) is 35.7 Å². The molecule has 0 amide bonds. The van der Waals surface area contributed by atoms with Crippen molar-refractivity contribution in [2.45, 2.75) is 61.3 Å². The van der Waals surface area contributed by atoms with Crippen LogP contribution in [0.4, 0.5) is 11.8 Å². The number of aromatic nitrogens is 4. The van der Waals surface area contributed by atoms with Gasteiger partial charge in [-0.1, -0.05) is 11.6 Å². The molecule has 33 heavy (non-hydrogen) atoms. The summed E-state index contributed by atoms with van der Waals surface area (Å²) in [6, 6.07) is 0. The Bertz CT molecular complexity index is 1060. The number of aliphatic hydroxyl groups is 1. The summed E-state index contributed by atoms with van der Waals surface area (Å²) in [6.07, 6.45) is 10.3. The molecule has 2 aromatic heterocycles. The molecule has 0 aromatic carbocycles. The van der Waals surface area contributed by atoms with Crippen LogP contribution in [0.2, 0.25) is 5.02 Å². The summed E-state index contributed by atoms with van der Waals surface area (Å²) in [5, 5.41) is 14.1. The van der Waals surface area contributed by atoms with E-state index in [2.05, 4.69) is 20.2 Å². The van der Waals surface area contributed by atoms with E-state index in [1.807, 2.05) is 0 Å². The van der Waals surface area contributed by atoms with Crippen molar-refractivity contribution in [1.82, 2.24) is 19.9 Å². The first kappa shape index (κ1) is 21.7. The molecule has 2 aliphatic heterocycles. The monoisotopic (exact) mass is 488 g/mol. The molecule has 2 unspecified atom stereocenters. The van der Waals surface area contributed by atoms with Crippen LogP contribution in [0.15, 0.2) is 17.3 Å². The average Bonchev–Trinajstić information content (AvgIpc) is 3.05. The second kappa shape index (κ2) is 8.43. The van der Waals surface area contributed by atoms with Crippen LogP contribution in [0.5, 0.6) is 0 Å². The number of fused-ring (bicyclic) bond motifs is 3. The molecule has 1 saturated heterocycles. The number of aryl methyl sites for hydroxylation is 1. The highest BCUT2D eigenvalue weighted by Crippen LogP contribution is 2.48. The van der Waals surface area contributed by atoms with Crippen LogP contribution < -0.4 is 10.2 Å². The minimum atomic E-state index is -1.10. The van der Waals surface area contributed by atoms with Crippen molar-refractivity contribution in [3.63, 3.8) is 0 Å². The summed E-state index contributed by atoms with van der Waals surface area (Å²) >= 11 is 6.00. The molecule has 2 saturated carbocycles. The first-order valence-electron chi connectivity index (χ1n) is 12.0. The molecular formula is C23H29ClN6O2S. The van der Waals surface area contributed by atoms with Crippen molar-refractivity contribution >= 4 is 34.2 Å². The minimum absolute atomic E-state index is 0.0599.